The van der Waals surface area contributed by atoms with Crippen LogP contribution in [0.4, 0.5) is 14.5 Å². The Morgan fingerprint density at radius 1 is 1.25 bits per heavy atom. The zero-order valence-corrected chi connectivity index (χ0v) is 19.2. The number of pyridine rings is 1. The molecule has 32 heavy (non-hydrogen) atoms. The molecule has 1 saturated carbocycles. The first-order chi connectivity index (χ1) is 15.1. The normalized spacial score (nSPS) is 14.2. The lowest BCUT2D eigenvalue weighted by molar-refractivity contribution is -0.385. The van der Waals surface area contributed by atoms with Gasteiger partial charge in [-0.15, -0.1) is 0 Å². The van der Waals surface area contributed by atoms with E-state index in [0.29, 0.717) is 42.4 Å². The molecule has 2 heterocycles. The maximum absolute atomic E-state index is 14.4. The molecule has 0 unspecified atom stereocenters. The maximum atomic E-state index is 14.4. The summed E-state index contributed by atoms with van der Waals surface area (Å²) in [5.41, 5.74) is 0.937. The Labute approximate surface area is 185 Å². The fraction of sp³-hybridized carbons (Fsp3) is 0.409. The van der Waals surface area contributed by atoms with Crippen LogP contribution in [0.25, 0.3) is 11.0 Å². The number of hydrogen-bond acceptors (Lipinski definition) is 5. The highest BCUT2D eigenvalue weighted by molar-refractivity contribution is 6.76. The van der Waals surface area contributed by atoms with E-state index in [-0.39, 0.29) is 5.75 Å². The van der Waals surface area contributed by atoms with Crippen LogP contribution < -0.4 is 4.74 Å². The maximum Gasteiger partial charge on any atom is 0.275 e. The Morgan fingerprint density at radius 2 is 1.94 bits per heavy atom. The summed E-state index contributed by atoms with van der Waals surface area (Å²) in [5.74, 6) is -2.36. The van der Waals surface area contributed by atoms with Crippen LogP contribution in [0.15, 0.2) is 30.6 Å². The molecule has 7 nitrogen and oxygen atoms in total. The molecular formula is C22H25F2N3O4Si. The second-order valence-electron chi connectivity index (χ2n) is 9.28. The number of hydrogen-bond donors (Lipinski definition) is 0. The molecule has 1 aliphatic rings. The van der Waals surface area contributed by atoms with Crippen molar-refractivity contribution in [2.75, 3.05) is 6.61 Å². The van der Waals surface area contributed by atoms with Gasteiger partial charge in [-0.25, -0.2) is 13.8 Å². The highest BCUT2D eigenvalue weighted by Gasteiger charge is 2.30. The number of nitro groups is 1. The van der Waals surface area contributed by atoms with Crippen molar-refractivity contribution < 1.29 is 23.2 Å². The molecule has 0 N–H and O–H groups in total. The molecule has 0 saturated heterocycles. The standard InChI is InChI=1S/C22H25F2N3O4Si/c1-32(2,3)9-8-30-13-26-12-16(14-4-5-14)20-19(6-7-25-22(20)26)31-21-17(23)10-15(27(28)29)11-18(21)24/h6-7,10-12,14H,4-5,8-9,13H2,1-3H3. The first kappa shape index (κ1) is 22.3. The molecule has 0 bridgehead atoms. The summed E-state index contributed by atoms with van der Waals surface area (Å²) in [6.45, 7) is 7.84. The number of nitro benzene ring substituents is 1. The van der Waals surface area contributed by atoms with E-state index in [4.69, 9.17) is 9.47 Å². The number of aromatic nitrogens is 2. The second-order valence-corrected chi connectivity index (χ2v) is 14.9. The summed E-state index contributed by atoms with van der Waals surface area (Å²) < 4.78 is 42.3. The van der Waals surface area contributed by atoms with E-state index in [1.807, 2.05) is 10.8 Å². The van der Waals surface area contributed by atoms with E-state index in [1.54, 1.807) is 6.07 Å². The van der Waals surface area contributed by atoms with Crippen molar-refractivity contribution in [1.82, 2.24) is 9.55 Å². The summed E-state index contributed by atoms with van der Waals surface area (Å²) in [6.07, 6.45) is 5.52. The third-order valence-electron chi connectivity index (χ3n) is 5.40. The topological polar surface area (TPSA) is 79.4 Å². The minimum Gasteiger partial charge on any atom is -0.450 e. The van der Waals surface area contributed by atoms with Gasteiger partial charge in [0.25, 0.3) is 5.69 Å². The van der Waals surface area contributed by atoms with E-state index < -0.39 is 36.1 Å². The number of non-ortho nitro benzene ring substituents is 1. The van der Waals surface area contributed by atoms with Gasteiger partial charge < -0.3 is 14.0 Å². The van der Waals surface area contributed by atoms with Crippen molar-refractivity contribution >= 4 is 24.8 Å². The zero-order chi connectivity index (χ0) is 23.0. The van der Waals surface area contributed by atoms with Crippen LogP contribution in [0.3, 0.4) is 0 Å². The summed E-state index contributed by atoms with van der Waals surface area (Å²) in [6, 6.07) is 3.89. The minimum atomic E-state index is -1.21. The molecule has 10 heteroatoms. The Kier molecular flexibility index (Phi) is 6.00. The van der Waals surface area contributed by atoms with Crippen LogP contribution in [-0.4, -0.2) is 29.2 Å². The first-order valence-electron chi connectivity index (χ1n) is 10.5. The molecule has 0 atom stereocenters. The summed E-state index contributed by atoms with van der Waals surface area (Å²) >= 11 is 0. The Balaban J connectivity index is 1.66. The van der Waals surface area contributed by atoms with Crippen LogP contribution in [0.2, 0.25) is 25.7 Å². The number of rotatable bonds is 9. The van der Waals surface area contributed by atoms with Gasteiger partial charge in [-0.3, -0.25) is 10.1 Å². The molecular weight excluding hydrogens is 436 g/mol. The SMILES string of the molecule is C[Si](C)(C)CCOCn1cc(C2CC2)c2c(Oc3c(F)cc([N+](=O)[O-])cc3F)ccnc21. The van der Waals surface area contributed by atoms with Crippen LogP contribution in [0, 0.1) is 21.7 Å². The molecule has 2 aromatic heterocycles. The third kappa shape index (κ3) is 4.81. The smallest absolute Gasteiger partial charge is 0.275 e. The molecule has 1 aliphatic carbocycles. The van der Waals surface area contributed by atoms with E-state index in [9.17, 15) is 18.9 Å². The van der Waals surface area contributed by atoms with Gasteiger partial charge in [0.2, 0.25) is 0 Å². The van der Waals surface area contributed by atoms with Crippen LogP contribution >= 0.6 is 0 Å². The Morgan fingerprint density at radius 3 is 2.53 bits per heavy atom. The summed E-state index contributed by atoms with van der Waals surface area (Å²) in [7, 11) is -1.21. The molecule has 4 rings (SSSR count). The molecule has 0 spiro atoms. The predicted molar refractivity (Wildman–Crippen MR) is 119 cm³/mol. The molecule has 1 aromatic carbocycles. The quantitative estimate of drug-likeness (QED) is 0.164. The van der Waals surface area contributed by atoms with E-state index in [1.165, 1.54) is 6.20 Å². The van der Waals surface area contributed by atoms with Gasteiger partial charge in [0.1, 0.15) is 18.1 Å². The Hall–Kier alpha value is -2.85. The van der Waals surface area contributed by atoms with Gasteiger partial charge in [0.15, 0.2) is 17.4 Å². The van der Waals surface area contributed by atoms with Crippen molar-refractivity contribution in [3.63, 3.8) is 0 Å². The number of nitrogens with zero attached hydrogens (tertiary/aromatic N) is 3. The van der Waals surface area contributed by atoms with Crippen molar-refractivity contribution in [1.29, 1.82) is 0 Å². The number of halogens is 2. The van der Waals surface area contributed by atoms with Crippen LogP contribution in [-0.2, 0) is 11.5 Å². The highest BCUT2D eigenvalue weighted by Crippen LogP contribution is 2.47. The van der Waals surface area contributed by atoms with Gasteiger partial charge >= 0.3 is 0 Å². The predicted octanol–water partition coefficient (Wildman–Crippen LogP) is 6.20. The van der Waals surface area contributed by atoms with E-state index >= 15 is 0 Å². The third-order valence-corrected chi connectivity index (χ3v) is 7.10. The molecule has 170 valence electrons. The van der Waals surface area contributed by atoms with E-state index in [2.05, 4.69) is 24.6 Å². The Bertz CT molecular complexity index is 1150. The lowest BCUT2D eigenvalue weighted by Gasteiger charge is -2.15. The molecule has 0 aliphatic heterocycles. The number of benzene rings is 1. The fourth-order valence-corrected chi connectivity index (χ4v) is 4.26. The van der Waals surface area contributed by atoms with Crippen molar-refractivity contribution in [2.24, 2.45) is 0 Å². The van der Waals surface area contributed by atoms with Crippen molar-refractivity contribution in [3.05, 3.63) is 57.9 Å². The average Bonchev–Trinajstić information content (AvgIpc) is 3.49. The monoisotopic (exact) mass is 461 g/mol. The summed E-state index contributed by atoms with van der Waals surface area (Å²) in [5, 5.41) is 11.5. The van der Waals surface area contributed by atoms with Crippen LogP contribution in [0.1, 0.15) is 24.3 Å². The fourth-order valence-electron chi connectivity index (χ4n) is 3.50. The first-order valence-corrected chi connectivity index (χ1v) is 14.2. The molecule has 3 aromatic rings. The van der Waals surface area contributed by atoms with Gasteiger partial charge in [-0.05, 0) is 36.4 Å². The zero-order valence-electron chi connectivity index (χ0n) is 18.2. The van der Waals surface area contributed by atoms with Crippen LogP contribution in [0.5, 0.6) is 11.5 Å². The van der Waals surface area contributed by atoms with E-state index in [0.717, 1.165) is 24.4 Å². The average molecular weight is 462 g/mol. The van der Waals surface area contributed by atoms with Gasteiger partial charge in [-0.1, -0.05) is 19.6 Å². The second kappa shape index (κ2) is 8.59. The lowest BCUT2D eigenvalue weighted by Crippen LogP contribution is -2.22. The molecule has 0 amide bonds. The summed E-state index contributed by atoms with van der Waals surface area (Å²) in [4.78, 5) is 14.5. The molecule has 1 fully saturated rings. The van der Waals surface area contributed by atoms with Gasteiger partial charge in [0, 0.05) is 27.1 Å². The van der Waals surface area contributed by atoms with Gasteiger partial charge in [-0.2, -0.15) is 0 Å². The number of ether oxygens (including phenoxy) is 2. The van der Waals surface area contributed by atoms with Gasteiger partial charge in [0.05, 0.1) is 22.4 Å². The molecule has 0 radical (unpaired) electrons. The lowest BCUT2D eigenvalue weighted by atomic mass is 10.1. The number of fused-ring (bicyclic) bond motifs is 1. The minimum absolute atomic E-state index is 0.254. The van der Waals surface area contributed by atoms with Crippen molar-refractivity contribution in [3.8, 4) is 11.5 Å². The van der Waals surface area contributed by atoms with Crippen molar-refractivity contribution in [2.45, 2.75) is 51.2 Å². The largest absolute Gasteiger partial charge is 0.450 e. The highest BCUT2D eigenvalue weighted by atomic mass is 28.3.